The van der Waals surface area contributed by atoms with E-state index in [4.69, 9.17) is 10.5 Å². The van der Waals surface area contributed by atoms with Gasteiger partial charge in [-0.2, -0.15) is 10.5 Å². The Morgan fingerprint density at radius 2 is 1.58 bits per heavy atom. The molecule has 2 aromatic rings. The molecule has 2 aromatic heterocycles. The highest BCUT2D eigenvalue weighted by molar-refractivity contribution is 9.08. The fraction of sp³-hybridized carbons (Fsp3) is 0.143. The van der Waals surface area contributed by atoms with Crippen LogP contribution in [0.25, 0.3) is 0 Å². The summed E-state index contributed by atoms with van der Waals surface area (Å²) in [5.74, 6) is 0. The van der Waals surface area contributed by atoms with Crippen molar-refractivity contribution in [2.24, 2.45) is 0 Å². The minimum absolute atomic E-state index is 0.463. The van der Waals surface area contributed by atoms with Crippen LogP contribution in [0.4, 0.5) is 0 Å². The zero-order valence-corrected chi connectivity index (χ0v) is 11.9. The quantitative estimate of drug-likeness (QED) is 0.758. The predicted octanol–water partition coefficient (Wildman–Crippen LogP) is 3.11. The summed E-state index contributed by atoms with van der Waals surface area (Å²) in [6.07, 6.45) is 3.37. The van der Waals surface area contributed by atoms with Gasteiger partial charge in [-0.05, 0) is 30.2 Å². The molecular formula is C14H11BrN4. The number of aromatic nitrogens is 2. The second-order valence-electron chi connectivity index (χ2n) is 3.63. The second kappa shape index (κ2) is 7.97. The van der Waals surface area contributed by atoms with E-state index in [1.807, 2.05) is 31.2 Å². The van der Waals surface area contributed by atoms with E-state index in [0.29, 0.717) is 11.4 Å². The summed E-state index contributed by atoms with van der Waals surface area (Å²) in [5.41, 5.74) is 3.10. The first-order chi connectivity index (χ1) is 9.19. The Hall–Kier alpha value is -2.24. The van der Waals surface area contributed by atoms with Gasteiger partial charge in [0.1, 0.15) is 23.5 Å². The topological polar surface area (TPSA) is 73.4 Å². The van der Waals surface area contributed by atoms with Crippen LogP contribution >= 0.6 is 15.9 Å². The minimum atomic E-state index is 0.463. The Morgan fingerprint density at radius 3 is 1.95 bits per heavy atom. The van der Waals surface area contributed by atoms with E-state index in [9.17, 15) is 0 Å². The monoisotopic (exact) mass is 314 g/mol. The van der Waals surface area contributed by atoms with Crippen LogP contribution in [0.15, 0.2) is 36.7 Å². The predicted molar refractivity (Wildman–Crippen MR) is 75.3 cm³/mol. The first-order valence-corrected chi connectivity index (χ1v) is 6.55. The largest absolute Gasteiger partial charge is 0.245 e. The van der Waals surface area contributed by atoms with Gasteiger partial charge >= 0.3 is 0 Å². The number of hydrogen-bond donors (Lipinski definition) is 0. The molecule has 0 amide bonds. The van der Waals surface area contributed by atoms with E-state index in [1.165, 1.54) is 0 Å². The zero-order valence-electron chi connectivity index (χ0n) is 10.3. The summed E-state index contributed by atoms with van der Waals surface area (Å²) < 4.78 is 0. The Labute approximate surface area is 120 Å². The van der Waals surface area contributed by atoms with Crippen LogP contribution in [-0.2, 0) is 5.33 Å². The number of nitriles is 2. The molecule has 94 valence electrons. The number of pyridine rings is 2. The molecule has 0 aliphatic rings. The second-order valence-corrected chi connectivity index (χ2v) is 4.19. The summed E-state index contributed by atoms with van der Waals surface area (Å²) in [7, 11) is 0. The number of rotatable bonds is 1. The van der Waals surface area contributed by atoms with Crippen LogP contribution in [-0.4, -0.2) is 9.97 Å². The van der Waals surface area contributed by atoms with E-state index in [-0.39, 0.29) is 0 Å². The highest BCUT2D eigenvalue weighted by Crippen LogP contribution is 2.03. The molecule has 0 saturated carbocycles. The molecule has 2 heterocycles. The fourth-order valence-electron chi connectivity index (χ4n) is 1.10. The lowest BCUT2D eigenvalue weighted by Gasteiger charge is -1.91. The number of halogens is 1. The first kappa shape index (κ1) is 14.8. The summed E-state index contributed by atoms with van der Waals surface area (Å²) >= 11 is 3.28. The van der Waals surface area contributed by atoms with Gasteiger partial charge in [-0.15, -0.1) is 0 Å². The maximum absolute atomic E-state index is 8.38. The van der Waals surface area contributed by atoms with Gasteiger partial charge in [-0.1, -0.05) is 28.1 Å². The number of alkyl halides is 1. The molecule has 2 rings (SSSR count). The van der Waals surface area contributed by atoms with Crippen molar-refractivity contribution in [2.45, 2.75) is 12.3 Å². The highest BCUT2D eigenvalue weighted by atomic mass is 79.9. The molecule has 0 N–H and O–H groups in total. The molecule has 0 aliphatic carbocycles. The molecule has 0 spiro atoms. The van der Waals surface area contributed by atoms with Gasteiger partial charge in [0, 0.05) is 17.7 Å². The fourth-order valence-corrected chi connectivity index (χ4v) is 1.44. The van der Waals surface area contributed by atoms with E-state index < -0.39 is 0 Å². The van der Waals surface area contributed by atoms with Crippen LogP contribution in [0.2, 0.25) is 0 Å². The normalized spacial score (nSPS) is 8.63. The lowest BCUT2D eigenvalue weighted by Crippen LogP contribution is -1.83. The first-order valence-electron chi connectivity index (χ1n) is 5.43. The van der Waals surface area contributed by atoms with Crippen molar-refractivity contribution in [3.05, 3.63) is 59.2 Å². The Bertz CT molecular complexity index is 591. The molecule has 0 aromatic carbocycles. The van der Waals surface area contributed by atoms with Gasteiger partial charge in [0.15, 0.2) is 0 Å². The molecule has 4 nitrogen and oxygen atoms in total. The minimum Gasteiger partial charge on any atom is -0.245 e. The molecule has 0 fully saturated rings. The van der Waals surface area contributed by atoms with Crippen LogP contribution in [0.1, 0.15) is 22.5 Å². The van der Waals surface area contributed by atoms with Crippen molar-refractivity contribution in [3.8, 4) is 12.1 Å². The van der Waals surface area contributed by atoms with Crippen molar-refractivity contribution in [3.63, 3.8) is 0 Å². The smallest absolute Gasteiger partial charge is 0.140 e. The standard InChI is InChI=1S/C7H5BrN2.C7H6N2/c8-3-6-1-2-7(4-9)10-5-6;1-6-2-3-7(4-8)9-5-6/h1-2,5H,3H2;2-3,5H,1H3. The number of aryl methyl sites for hydroxylation is 1. The van der Waals surface area contributed by atoms with Gasteiger partial charge in [0.25, 0.3) is 0 Å². The maximum atomic E-state index is 8.38. The lowest BCUT2D eigenvalue weighted by atomic mass is 10.3. The van der Waals surface area contributed by atoms with Crippen LogP contribution in [0.3, 0.4) is 0 Å². The summed E-state index contributed by atoms with van der Waals surface area (Å²) in [5, 5.41) is 17.5. The van der Waals surface area contributed by atoms with Crippen LogP contribution < -0.4 is 0 Å². The summed E-state index contributed by atoms with van der Waals surface area (Å²) in [6.45, 7) is 1.94. The highest BCUT2D eigenvalue weighted by Gasteiger charge is 1.90. The van der Waals surface area contributed by atoms with Crippen molar-refractivity contribution in [1.29, 1.82) is 10.5 Å². The third kappa shape index (κ3) is 5.29. The SMILES string of the molecule is Cc1ccc(C#N)nc1.N#Cc1ccc(CBr)cn1. The molecule has 0 aliphatic heterocycles. The van der Waals surface area contributed by atoms with Gasteiger partial charge < -0.3 is 0 Å². The zero-order chi connectivity index (χ0) is 14.1. The van der Waals surface area contributed by atoms with Gasteiger partial charge in [-0.25, -0.2) is 9.97 Å². The molecule has 0 saturated heterocycles. The summed E-state index contributed by atoms with van der Waals surface area (Å²) in [6, 6.07) is 11.0. The van der Waals surface area contributed by atoms with Crippen molar-refractivity contribution in [2.75, 3.05) is 0 Å². The maximum Gasteiger partial charge on any atom is 0.140 e. The Balaban J connectivity index is 0.000000191. The molecule has 0 radical (unpaired) electrons. The Kier molecular flexibility index (Phi) is 6.21. The molecular weight excluding hydrogens is 304 g/mol. The molecule has 19 heavy (non-hydrogen) atoms. The lowest BCUT2D eigenvalue weighted by molar-refractivity contribution is 1.22. The van der Waals surface area contributed by atoms with Crippen molar-refractivity contribution < 1.29 is 0 Å². The molecule has 5 heteroatoms. The van der Waals surface area contributed by atoms with E-state index in [0.717, 1.165) is 16.5 Å². The molecule has 0 unspecified atom stereocenters. The van der Waals surface area contributed by atoms with E-state index >= 15 is 0 Å². The van der Waals surface area contributed by atoms with Gasteiger partial charge in [0.05, 0.1) is 0 Å². The average Bonchev–Trinajstić information content (AvgIpc) is 2.49. The van der Waals surface area contributed by atoms with Crippen LogP contribution in [0.5, 0.6) is 0 Å². The number of nitrogens with zero attached hydrogens (tertiary/aromatic N) is 4. The summed E-state index contributed by atoms with van der Waals surface area (Å²) in [4.78, 5) is 7.71. The van der Waals surface area contributed by atoms with Crippen LogP contribution in [0, 0.1) is 29.6 Å². The van der Waals surface area contributed by atoms with Gasteiger partial charge in [-0.3, -0.25) is 0 Å². The van der Waals surface area contributed by atoms with E-state index in [1.54, 1.807) is 24.5 Å². The van der Waals surface area contributed by atoms with Crippen molar-refractivity contribution >= 4 is 15.9 Å². The molecule has 0 bridgehead atoms. The average molecular weight is 315 g/mol. The van der Waals surface area contributed by atoms with Gasteiger partial charge in [0.2, 0.25) is 0 Å². The third-order valence-electron chi connectivity index (χ3n) is 2.12. The molecule has 0 atom stereocenters. The van der Waals surface area contributed by atoms with E-state index in [2.05, 4.69) is 25.9 Å². The third-order valence-corrected chi connectivity index (χ3v) is 2.77. The number of hydrogen-bond acceptors (Lipinski definition) is 4. The Morgan fingerprint density at radius 1 is 1.00 bits per heavy atom. The van der Waals surface area contributed by atoms with Crippen molar-refractivity contribution in [1.82, 2.24) is 9.97 Å².